The number of fused-ring (bicyclic) bond motifs is 1. The standard InChI is InChI=1S/C18H25N3O5/c1-19-17(23)8-13-5-6-15-16(26-13)11-25-10-12(22)9-21(15)18(24)14-4-2-3-7-20-14/h2-4,7,12-13,15-16,22H,5-6,8-11H2,1H3,(H,19,23)/t12-,13+,15+,16-/m0/s1. The van der Waals surface area contributed by atoms with Gasteiger partial charge in [-0.05, 0) is 25.0 Å². The van der Waals surface area contributed by atoms with Gasteiger partial charge in [0.05, 0.1) is 37.9 Å². The molecule has 3 heterocycles. The summed E-state index contributed by atoms with van der Waals surface area (Å²) in [5, 5.41) is 12.7. The summed E-state index contributed by atoms with van der Waals surface area (Å²) < 4.78 is 11.6. The third-order valence-corrected chi connectivity index (χ3v) is 4.82. The monoisotopic (exact) mass is 363 g/mol. The predicted octanol–water partition coefficient (Wildman–Crippen LogP) is -0.0328. The van der Waals surface area contributed by atoms with Gasteiger partial charge in [0.25, 0.3) is 5.91 Å². The van der Waals surface area contributed by atoms with E-state index in [1.54, 1.807) is 36.3 Å². The molecule has 3 rings (SSSR count). The van der Waals surface area contributed by atoms with Gasteiger partial charge in [-0.25, -0.2) is 0 Å². The molecular formula is C18H25N3O5. The van der Waals surface area contributed by atoms with Crippen LogP contribution in [0.1, 0.15) is 29.8 Å². The lowest BCUT2D eigenvalue weighted by Crippen LogP contribution is -2.57. The van der Waals surface area contributed by atoms with Crippen LogP contribution in [0.3, 0.4) is 0 Å². The van der Waals surface area contributed by atoms with Crippen molar-refractivity contribution in [1.82, 2.24) is 15.2 Å². The van der Waals surface area contributed by atoms with Crippen LogP contribution in [0.2, 0.25) is 0 Å². The predicted molar refractivity (Wildman–Crippen MR) is 92.5 cm³/mol. The van der Waals surface area contributed by atoms with Crippen molar-refractivity contribution < 1.29 is 24.2 Å². The van der Waals surface area contributed by atoms with Crippen molar-refractivity contribution in [3.63, 3.8) is 0 Å². The molecule has 0 spiro atoms. The van der Waals surface area contributed by atoms with Crippen molar-refractivity contribution in [3.8, 4) is 0 Å². The van der Waals surface area contributed by atoms with Gasteiger partial charge in [0.1, 0.15) is 11.8 Å². The molecule has 1 aromatic rings. The molecule has 2 fully saturated rings. The molecule has 142 valence electrons. The van der Waals surface area contributed by atoms with Crippen molar-refractivity contribution in [3.05, 3.63) is 30.1 Å². The summed E-state index contributed by atoms with van der Waals surface area (Å²) in [6.45, 7) is 0.580. The summed E-state index contributed by atoms with van der Waals surface area (Å²) in [5.41, 5.74) is 0.340. The van der Waals surface area contributed by atoms with Gasteiger partial charge in [-0.2, -0.15) is 0 Å². The SMILES string of the molecule is CNC(=O)C[C@H]1CC[C@@H]2[C@H](COC[C@@H](O)CN2C(=O)c2ccccn2)O1. The minimum Gasteiger partial charge on any atom is -0.389 e. The van der Waals surface area contributed by atoms with E-state index in [1.807, 2.05) is 0 Å². The number of carbonyl (C=O) groups excluding carboxylic acids is 2. The molecule has 2 aliphatic rings. The number of ether oxygens (including phenoxy) is 2. The van der Waals surface area contributed by atoms with Gasteiger partial charge < -0.3 is 24.8 Å². The van der Waals surface area contributed by atoms with Crippen molar-refractivity contribution >= 4 is 11.8 Å². The third-order valence-electron chi connectivity index (χ3n) is 4.82. The normalized spacial score (nSPS) is 29.2. The number of amides is 2. The first-order valence-electron chi connectivity index (χ1n) is 8.92. The van der Waals surface area contributed by atoms with Gasteiger partial charge in [-0.3, -0.25) is 14.6 Å². The molecule has 26 heavy (non-hydrogen) atoms. The van der Waals surface area contributed by atoms with Crippen LogP contribution in [0.5, 0.6) is 0 Å². The first kappa shape index (κ1) is 18.8. The van der Waals surface area contributed by atoms with Crippen LogP contribution in [0.15, 0.2) is 24.4 Å². The maximum Gasteiger partial charge on any atom is 0.272 e. The maximum absolute atomic E-state index is 13.0. The average Bonchev–Trinajstić information content (AvgIpc) is 2.65. The summed E-state index contributed by atoms with van der Waals surface area (Å²) in [5.74, 6) is -0.299. The van der Waals surface area contributed by atoms with Crippen molar-refractivity contribution in [2.75, 3.05) is 26.8 Å². The number of aliphatic hydroxyl groups excluding tert-OH is 1. The molecule has 2 saturated heterocycles. The first-order chi connectivity index (χ1) is 12.6. The van der Waals surface area contributed by atoms with Gasteiger partial charge in [0.15, 0.2) is 0 Å². The smallest absolute Gasteiger partial charge is 0.272 e. The number of nitrogens with zero attached hydrogens (tertiary/aromatic N) is 2. The zero-order chi connectivity index (χ0) is 18.5. The Morgan fingerprint density at radius 3 is 2.92 bits per heavy atom. The molecule has 4 atom stereocenters. The number of nitrogens with one attached hydrogen (secondary N) is 1. The van der Waals surface area contributed by atoms with E-state index in [2.05, 4.69) is 10.3 Å². The summed E-state index contributed by atoms with van der Waals surface area (Å²) in [6, 6.07) is 4.96. The zero-order valence-corrected chi connectivity index (χ0v) is 14.8. The first-order valence-corrected chi connectivity index (χ1v) is 8.92. The molecule has 0 aromatic carbocycles. The van der Waals surface area contributed by atoms with Crippen LogP contribution < -0.4 is 5.32 Å². The van der Waals surface area contributed by atoms with Crippen molar-refractivity contribution in [2.24, 2.45) is 0 Å². The van der Waals surface area contributed by atoms with E-state index in [9.17, 15) is 14.7 Å². The van der Waals surface area contributed by atoms with Crippen LogP contribution >= 0.6 is 0 Å². The summed E-state index contributed by atoms with van der Waals surface area (Å²) in [6.07, 6.45) is 1.92. The van der Waals surface area contributed by atoms with Gasteiger partial charge in [-0.15, -0.1) is 0 Å². The fraction of sp³-hybridized carbons (Fsp3) is 0.611. The Hall–Kier alpha value is -2.03. The van der Waals surface area contributed by atoms with Gasteiger partial charge in [-0.1, -0.05) is 6.07 Å². The van der Waals surface area contributed by atoms with E-state index in [-0.39, 0.29) is 56.2 Å². The number of hydrogen-bond donors (Lipinski definition) is 2. The van der Waals surface area contributed by atoms with Crippen LogP contribution in [-0.2, 0) is 14.3 Å². The van der Waals surface area contributed by atoms with Gasteiger partial charge in [0.2, 0.25) is 5.91 Å². The molecule has 0 bridgehead atoms. The molecule has 2 aliphatic heterocycles. The number of aliphatic hydroxyl groups is 1. The summed E-state index contributed by atoms with van der Waals surface area (Å²) in [4.78, 5) is 30.4. The number of β-amino-alcohol motifs (C(OH)–C–C–N with tert-alkyl or cyclic N) is 1. The Morgan fingerprint density at radius 1 is 1.35 bits per heavy atom. The fourth-order valence-corrected chi connectivity index (χ4v) is 3.52. The van der Waals surface area contributed by atoms with E-state index >= 15 is 0 Å². The van der Waals surface area contributed by atoms with Gasteiger partial charge in [0, 0.05) is 19.8 Å². The van der Waals surface area contributed by atoms with Gasteiger partial charge >= 0.3 is 0 Å². The summed E-state index contributed by atoms with van der Waals surface area (Å²) in [7, 11) is 1.60. The molecule has 0 aliphatic carbocycles. The molecule has 8 nitrogen and oxygen atoms in total. The van der Waals surface area contributed by atoms with E-state index in [1.165, 1.54) is 0 Å². The Labute approximate surface area is 152 Å². The second kappa shape index (κ2) is 8.57. The van der Waals surface area contributed by atoms with Crippen LogP contribution in [0, 0.1) is 0 Å². The number of hydrogen-bond acceptors (Lipinski definition) is 6. The molecule has 0 radical (unpaired) electrons. The Kier molecular flexibility index (Phi) is 6.18. The maximum atomic E-state index is 13.0. The van der Waals surface area contributed by atoms with Crippen molar-refractivity contribution in [1.29, 1.82) is 0 Å². The molecule has 2 N–H and O–H groups in total. The second-order valence-corrected chi connectivity index (χ2v) is 6.68. The molecule has 8 heteroatoms. The highest BCUT2D eigenvalue weighted by Crippen LogP contribution is 2.28. The van der Waals surface area contributed by atoms with E-state index in [4.69, 9.17) is 9.47 Å². The quantitative estimate of drug-likeness (QED) is 0.782. The van der Waals surface area contributed by atoms with E-state index in [0.717, 1.165) is 0 Å². The molecule has 2 amide bonds. The lowest BCUT2D eigenvalue weighted by atomic mass is 9.94. The number of carbonyl (C=O) groups is 2. The highest BCUT2D eigenvalue weighted by Gasteiger charge is 2.40. The summed E-state index contributed by atoms with van der Waals surface area (Å²) >= 11 is 0. The largest absolute Gasteiger partial charge is 0.389 e. The minimum absolute atomic E-state index is 0.0722. The molecule has 1 aromatic heterocycles. The Balaban J connectivity index is 1.77. The molecule has 0 unspecified atom stereocenters. The van der Waals surface area contributed by atoms with Crippen LogP contribution in [0.25, 0.3) is 0 Å². The lowest BCUT2D eigenvalue weighted by Gasteiger charge is -2.44. The number of pyridine rings is 1. The zero-order valence-electron chi connectivity index (χ0n) is 14.8. The molecular weight excluding hydrogens is 338 g/mol. The Bertz CT molecular complexity index is 627. The van der Waals surface area contributed by atoms with Crippen LogP contribution in [-0.4, -0.2) is 78.0 Å². The Morgan fingerprint density at radius 2 is 2.19 bits per heavy atom. The topological polar surface area (TPSA) is 101 Å². The highest BCUT2D eigenvalue weighted by molar-refractivity contribution is 5.92. The minimum atomic E-state index is -0.757. The number of aromatic nitrogens is 1. The van der Waals surface area contributed by atoms with Crippen molar-refractivity contribution in [2.45, 2.75) is 43.6 Å². The van der Waals surface area contributed by atoms with E-state index in [0.29, 0.717) is 18.5 Å². The third kappa shape index (κ3) is 4.38. The van der Waals surface area contributed by atoms with Crippen LogP contribution in [0.4, 0.5) is 0 Å². The molecule has 0 saturated carbocycles. The number of rotatable bonds is 3. The van der Waals surface area contributed by atoms with E-state index < -0.39 is 6.10 Å². The average molecular weight is 363 g/mol. The lowest BCUT2D eigenvalue weighted by molar-refractivity contribution is -0.150. The second-order valence-electron chi connectivity index (χ2n) is 6.68. The highest BCUT2D eigenvalue weighted by atomic mass is 16.5. The fourth-order valence-electron chi connectivity index (χ4n) is 3.52.